The SMILES string of the molecule is CC(C)NC1(/C=C(\C#N)C(=O)N2CCC[C@@H](n3nc(-c4ccc(Oc5cccc(F)c5F)cc4F)c4c(N)ncnc43)C2)CC1. The van der Waals surface area contributed by atoms with E-state index in [0.717, 1.165) is 25.0 Å². The summed E-state index contributed by atoms with van der Waals surface area (Å²) in [5.74, 6) is -3.71. The quantitative estimate of drug-likeness (QED) is 0.198. The van der Waals surface area contributed by atoms with Gasteiger partial charge in [-0.3, -0.25) is 4.79 Å². The zero-order chi connectivity index (χ0) is 31.9. The highest BCUT2D eigenvalue weighted by Gasteiger charge is 2.42. The maximum atomic E-state index is 15.6. The second-order valence-electron chi connectivity index (χ2n) is 11.7. The highest BCUT2D eigenvalue weighted by atomic mass is 19.2. The van der Waals surface area contributed by atoms with Gasteiger partial charge in [-0.05, 0) is 56.0 Å². The van der Waals surface area contributed by atoms with Crippen molar-refractivity contribution in [2.75, 3.05) is 18.8 Å². The summed E-state index contributed by atoms with van der Waals surface area (Å²) in [5.41, 5.74) is 6.62. The molecule has 4 aromatic rings. The smallest absolute Gasteiger partial charge is 0.264 e. The molecule has 2 aromatic carbocycles. The standard InChI is InChI=1S/C32H31F3N8O2/c1-18(2)40-32(10-11-32)14-19(15-36)31(44)42-12-4-5-20(16-42)43-30-26(29(37)38-17-39-30)28(41-43)22-9-8-21(13-24(22)34)45-25-7-3-6-23(33)27(25)35/h3,6-9,13-14,17-18,20,40H,4-5,10-12,16H2,1-2H3,(H2,37,38,39)/b19-14+/t20-/m1/s1. The molecule has 10 nitrogen and oxygen atoms in total. The number of ether oxygens (including phenoxy) is 1. The second kappa shape index (κ2) is 11.9. The number of fused-ring (bicyclic) bond motifs is 1. The normalized spacial score (nSPS) is 17.8. The molecule has 2 fully saturated rings. The van der Waals surface area contributed by atoms with E-state index in [1.165, 1.54) is 30.6 Å². The first-order valence-corrected chi connectivity index (χ1v) is 14.7. The molecule has 1 aliphatic heterocycles. The molecule has 2 aromatic heterocycles. The van der Waals surface area contributed by atoms with Crippen LogP contribution in [0.3, 0.4) is 0 Å². The van der Waals surface area contributed by atoms with E-state index in [9.17, 15) is 18.8 Å². The number of nitrogens with one attached hydrogen (secondary N) is 1. The lowest BCUT2D eigenvalue weighted by atomic mass is 10.0. The van der Waals surface area contributed by atoms with Gasteiger partial charge in [0, 0.05) is 36.3 Å². The number of carbonyl (C=O) groups is 1. The van der Waals surface area contributed by atoms with Crippen molar-refractivity contribution in [3.63, 3.8) is 0 Å². The Balaban J connectivity index is 1.30. The predicted molar refractivity (Wildman–Crippen MR) is 160 cm³/mol. The number of nitrogen functional groups attached to an aromatic ring is 1. The molecule has 1 saturated carbocycles. The van der Waals surface area contributed by atoms with Crippen molar-refractivity contribution < 1.29 is 22.7 Å². The van der Waals surface area contributed by atoms with Gasteiger partial charge in [0.25, 0.3) is 5.91 Å². The van der Waals surface area contributed by atoms with Crippen LogP contribution in [0.25, 0.3) is 22.3 Å². The third-order valence-electron chi connectivity index (χ3n) is 8.02. The maximum Gasteiger partial charge on any atom is 0.264 e. The van der Waals surface area contributed by atoms with Gasteiger partial charge in [-0.2, -0.15) is 14.8 Å². The number of nitrogens with two attached hydrogens (primary N) is 1. The van der Waals surface area contributed by atoms with E-state index in [1.807, 2.05) is 13.8 Å². The lowest BCUT2D eigenvalue weighted by Gasteiger charge is -2.33. The third kappa shape index (κ3) is 5.93. The van der Waals surface area contributed by atoms with Gasteiger partial charge in [-0.25, -0.2) is 23.4 Å². The number of likely N-dealkylation sites (tertiary alicyclic amines) is 1. The molecule has 232 valence electrons. The first-order valence-electron chi connectivity index (χ1n) is 14.7. The Morgan fingerprint density at radius 1 is 1.20 bits per heavy atom. The van der Waals surface area contributed by atoms with Gasteiger partial charge in [-0.15, -0.1) is 0 Å². The van der Waals surface area contributed by atoms with Crippen molar-refractivity contribution in [1.82, 2.24) is 30.0 Å². The molecule has 0 unspecified atom stereocenters. The summed E-state index contributed by atoms with van der Waals surface area (Å²) in [6.45, 7) is 4.79. The molecule has 3 heterocycles. The number of hydrogen-bond acceptors (Lipinski definition) is 8. The summed E-state index contributed by atoms with van der Waals surface area (Å²) < 4.78 is 50.3. The Morgan fingerprint density at radius 3 is 2.71 bits per heavy atom. The fourth-order valence-electron chi connectivity index (χ4n) is 5.85. The molecule has 1 atom stereocenters. The van der Waals surface area contributed by atoms with Gasteiger partial charge >= 0.3 is 0 Å². The van der Waals surface area contributed by atoms with E-state index in [4.69, 9.17) is 15.6 Å². The number of aromatic nitrogens is 4. The van der Waals surface area contributed by atoms with Crippen molar-refractivity contribution >= 4 is 22.8 Å². The summed E-state index contributed by atoms with van der Waals surface area (Å²) >= 11 is 0. The Morgan fingerprint density at radius 2 is 2.00 bits per heavy atom. The van der Waals surface area contributed by atoms with E-state index in [2.05, 4.69) is 21.4 Å². The summed E-state index contributed by atoms with van der Waals surface area (Å²) in [7, 11) is 0. The van der Waals surface area contributed by atoms with Gasteiger partial charge in [-0.1, -0.05) is 19.9 Å². The van der Waals surface area contributed by atoms with Crippen LogP contribution in [-0.4, -0.2) is 55.2 Å². The fourth-order valence-corrected chi connectivity index (χ4v) is 5.85. The number of hydrogen-bond donors (Lipinski definition) is 2. The minimum atomic E-state index is -1.19. The van der Waals surface area contributed by atoms with Gasteiger partial charge in [0.05, 0.1) is 11.4 Å². The van der Waals surface area contributed by atoms with Crippen LogP contribution in [0, 0.1) is 28.8 Å². The van der Waals surface area contributed by atoms with Gasteiger partial charge in [0.1, 0.15) is 41.0 Å². The van der Waals surface area contributed by atoms with Crippen molar-refractivity contribution in [2.45, 2.75) is 57.2 Å². The molecule has 1 saturated heterocycles. The molecule has 6 rings (SSSR count). The number of halogens is 3. The van der Waals surface area contributed by atoms with Crippen LogP contribution >= 0.6 is 0 Å². The summed E-state index contributed by atoms with van der Waals surface area (Å²) in [4.78, 5) is 23.6. The van der Waals surface area contributed by atoms with Crippen LogP contribution < -0.4 is 15.8 Å². The number of carbonyl (C=O) groups excluding carboxylic acids is 1. The lowest BCUT2D eigenvalue weighted by molar-refractivity contribution is -0.128. The minimum Gasteiger partial charge on any atom is -0.454 e. The molecule has 3 N–H and O–H groups in total. The Labute approximate surface area is 257 Å². The number of benzene rings is 2. The molecular formula is C32H31F3N8O2. The molecule has 0 spiro atoms. The molecule has 0 bridgehead atoms. The monoisotopic (exact) mass is 616 g/mol. The average Bonchev–Trinajstić information content (AvgIpc) is 3.65. The van der Waals surface area contributed by atoms with Gasteiger partial charge in [0.2, 0.25) is 5.82 Å². The molecular weight excluding hydrogens is 585 g/mol. The molecule has 1 amide bonds. The summed E-state index contributed by atoms with van der Waals surface area (Å²) in [5, 5.41) is 18.4. The highest BCUT2D eigenvalue weighted by molar-refractivity contribution is 5.99. The van der Waals surface area contributed by atoms with E-state index in [1.54, 1.807) is 15.7 Å². The van der Waals surface area contributed by atoms with E-state index < -0.39 is 17.5 Å². The number of amides is 1. The van der Waals surface area contributed by atoms with Crippen LogP contribution in [0.15, 0.2) is 54.4 Å². The van der Waals surface area contributed by atoms with E-state index >= 15 is 4.39 Å². The van der Waals surface area contributed by atoms with Crippen LogP contribution in [0.5, 0.6) is 11.5 Å². The van der Waals surface area contributed by atoms with Gasteiger partial charge < -0.3 is 20.7 Å². The Kier molecular flexibility index (Phi) is 7.92. The number of nitriles is 1. The number of piperidine rings is 1. The zero-order valence-corrected chi connectivity index (χ0v) is 24.7. The van der Waals surface area contributed by atoms with Crippen LogP contribution in [0.4, 0.5) is 19.0 Å². The minimum absolute atomic E-state index is 0.0481. The molecule has 13 heteroatoms. The fraction of sp³-hybridized carbons (Fsp3) is 0.344. The Hall–Kier alpha value is -4.96. The van der Waals surface area contributed by atoms with Crippen molar-refractivity contribution in [1.29, 1.82) is 5.26 Å². The predicted octanol–water partition coefficient (Wildman–Crippen LogP) is 5.43. The topological polar surface area (TPSA) is 135 Å². The summed E-state index contributed by atoms with van der Waals surface area (Å²) in [6, 6.07) is 9.29. The van der Waals surface area contributed by atoms with Crippen LogP contribution in [-0.2, 0) is 4.79 Å². The third-order valence-corrected chi connectivity index (χ3v) is 8.02. The molecule has 2 aliphatic rings. The zero-order valence-electron chi connectivity index (χ0n) is 24.7. The molecule has 45 heavy (non-hydrogen) atoms. The number of rotatable bonds is 8. The van der Waals surface area contributed by atoms with Crippen molar-refractivity contribution in [3.8, 4) is 28.8 Å². The van der Waals surface area contributed by atoms with Crippen molar-refractivity contribution in [3.05, 3.63) is 71.8 Å². The molecule has 1 aliphatic carbocycles. The first kappa shape index (κ1) is 30.1. The number of anilines is 1. The van der Waals surface area contributed by atoms with E-state index in [0.29, 0.717) is 30.4 Å². The number of nitrogens with zero attached hydrogens (tertiary/aromatic N) is 6. The second-order valence-corrected chi connectivity index (χ2v) is 11.7. The van der Waals surface area contributed by atoms with Crippen molar-refractivity contribution in [2.24, 2.45) is 0 Å². The summed E-state index contributed by atoms with van der Waals surface area (Å²) in [6.07, 6.45) is 6.08. The van der Waals surface area contributed by atoms with Gasteiger partial charge in [0.15, 0.2) is 17.2 Å². The van der Waals surface area contributed by atoms with Crippen LogP contribution in [0.2, 0.25) is 0 Å². The first-order chi connectivity index (χ1) is 21.6. The highest BCUT2D eigenvalue weighted by Crippen LogP contribution is 2.39. The average molecular weight is 617 g/mol. The Bertz CT molecular complexity index is 1860. The van der Waals surface area contributed by atoms with E-state index in [-0.39, 0.29) is 64.2 Å². The lowest BCUT2D eigenvalue weighted by Crippen LogP contribution is -2.42. The van der Waals surface area contributed by atoms with Crippen LogP contribution in [0.1, 0.15) is 45.6 Å². The maximum absolute atomic E-state index is 15.6. The largest absolute Gasteiger partial charge is 0.454 e. The molecule has 0 radical (unpaired) electrons.